The first-order chi connectivity index (χ1) is 16.0. The minimum atomic E-state index is -0.0921. The van der Waals surface area contributed by atoms with Gasteiger partial charge < -0.3 is 20.3 Å². The van der Waals surface area contributed by atoms with Crippen molar-refractivity contribution in [2.45, 2.75) is 6.04 Å². The number of anilines is 2. The van der Waals surface area contributed by atoms with Crippen molar-refractivity contribution < 1.29 is 14.3 Å². The maximum absolute atomic E-state index is 13.0. The highest BCUT2D eigenvalue weighted by atomic mass is 16.5. The third kappa shape index (κ3) is 5.71. The van der Waals surface area contributed by atoms with Crippen molar-refractivity contribution in [2.75, 3.05) is 76.8 Å². The summed E-state index contributed by atoms with van der Waals surface area (Å²) in [6, 6.07) is 15.8. The number of amides is 2. The van der Waals surface area contributed by atoms with Gasteiger partial charge in [-0.3, -0.25) is 19.4 Å². The van der Waals surface area contributed by atoms with Gasteiger partial charge >= 0.3 is 0 Å². The summed E-state index contributed by atoms with van der Waals surface area (Å²) in [6.07, 6.45) is 0. The smallest absolute Gasteiger partial charge is 0.251 e. The highest BCUT2D eigenvalue weighted by molar-refractivity contribution is 5.95. The van der Waals surface area contributed by atoms with Crippen LogP contribution in [0.1, 0.15) is 22.0 Å². The van der Waals surface area contributed by atoms with Crippen molar-refractivity contribution in [1.82, 2.24) is 15.1 Å². The molecule has 176 valence electrons. The van der Waals surface area contributed by atoms with Crippen LogP contribution in [-0.4, -0.2) is 88.2 Å². The lowest BCUT2D eigenvalue weighted by molar-refractivity contribution is -0.118. The van der Waals surface area contributed by atoms with E-state index in [2.05, 4.69) is 38.4 Å². The van der Waals surface area contributed by atoms with E-state index in [4.69, 9.17) is 4.74 Å². The zero-order valence-corrected chi connectivity index (χ0v) is 19.4. The Morgan fingerprint density at radius 3 is 2.61 bits per heavy atom. The van der Waals surface area contributed by atoms with Crippen LogP contribution in [0.3, 0.4) is 0 Å². The zero-order valence-electron chi connectivity index (χ0n) is 19.4. The van der Waals surface area contributed by atoms with Gasteiger partial charge in [-0.25, -0.2) is 0 Å². The van der Waals surface area contributed by atoms with Crippen LogP contribution in [0.2, 0.25) is 0 Å². The monoisotopic (exact) mass is 451 g/mol. The van der Waals surface area contributed by atoms with Crippen molar-refractivity contribution in [3.8, 4) is 0 Å². The highest BCUT2D eigenvalue weighted by Crippen LogP contribution is 2.27. The Bertz CT molecular complexity index is 976. The van der Waals surface area contributed by atoms with Crippen LogP contribution in [0.15, 0.2) is 48.5 Å². The van der Waals surface area contributed by atoms with Crippen LogP contribution in [-0.2, 0) is 9.53 Å². The van der Waals surface area contributed by atoms with Crippen molar-refractivity contribution >= 4 is 23.2 Å². The zero-order chi connectivity index (χ0) is 23.2. The number of benzene rings is 2. The molecule has 2 aliphatic heterocycles. The summed E-state index contributed by atoms with van der Waals surface area (Å²) < 4.78 is 5.46. The molecule has 2 saturated heterocycles. The third-order valence-corrected chi connectivity index (χ3v) is 6.39. The number of carbonyl (C=O) groups excluding carboxylic acids is 2. The van der Waals surface area contributed by atoms with E-state index in [0.717, 1.165) is 49.7 Å². The number of hydrogen-bond acceptors (Lipinski definition) is 6. The fourth-order valence-electron chi connectivity index (χ4n) is 4.52. The minimum absolute atomic E-state index is 0.0156. The Labute approximate surface area is 195 Å². The second kappa shape index (κ2) is 10.8. The molecule has 2 heterocycles. The maximum atomic E-state index is 13.0. The molecule has 0 radical (unpaired) electrons. The number of piperazine rings is 1. The third-order valence-electron chi connectivity index (χ3n) is 6.39. The molecule has 2 aliphatic rings. The number of ether oxygens (including phenoxy) is 1. The molecule has 2 N–H and O–H groups in total. The van der Waals surface area contributed by atoms with E-state index in [-0.39, 0.29) is 17.9 Å². The molecule has 0 aromatic heterocycles. The average molecular weight is 452 g/mol. The van der Waals surface area contributed by atoms with E-state index in [1.54, 1.807) is 7.05 Å². The van der Waals surface area contributed by atoms with Crippen LogP contribution < -0.4 is 15.5 Å². The fourth-order valence-corrected chi connectivity index (χ4v) is 4.52. The molecule has 0 bridgehead atoms. The molecule has 0 saturated carbocycles. The number of para-hydroxylation sites is 2. The minimum Gasteiger partial charge on any atom is -0.378 e. The summed E-state index contributed by atoms with van der Waals surface area (Å²) in [6.45, 7) is 5.78. The molecular weight excluding hydrogens is 418 g/mol. The van der Waals surface area contributed by atoms with Crippen molar-refractivity contribution in [3.05, 3.63) is 59.7 Å². The maximum Gasteiger partial charge on any atom is 0.251 e. The van der Waals surface area contributed by atoms with Crippen LogP contribution in [0.4, 0.5) is 11.4 Å². The SMILES string of the molecule is CNC(=O)c1cccc(C2CN(CC(=O)Nc3ccccc3N3CCOCC3)CCN2C)c1. The molecule has 1 unspecified atom stereocenters. The van der Waals surface area contributed by atoms with Gasteiger partial charge in [0.05, 0.1) is 31.1 Å². The normalized spacial score (nSPS) is 19.8. The summed E-state index contributed by atoms with van der Waals surface area (Å²) in [5.41, 5.74) is 3.61. The molecule has 33 heavy (non-hydrogen) atoms. The number of nitrogens with zero attached hydrogens (tertiary/aromatic N) is 3. The van der Waals surface area contributed by atoms with Gasteiger partial charge in [0.2, 0.25) is 5.91 Å². The van der Waals surface area contributed by atoms with E-state index >= 15 is 0 Å². The van der Waals surface area contributed by atoms with Crippen LogP contribution in [0.25, 0.3) is 0 Å². The van der Waals surface area contributed by atoms with Crippen molar-refractivity contribution in [2.24, 2.45) is 0 Å². The fraction of sp³-hybridized carbons (Fsp3) is 0.440. The van der Waals surface area contributed by atoms with Crippen LogP contribution >= 0.6 is 0 Å². The Morgan fingerprint density at radius 1 is 1.03 bits per heavy atom. The lowest BCUT2D eigenvalue weighted by atomic mass is 10.00. The average Bonchev–Trinajstić information content (AvgIpc) is 2.85. The number of morpholine rings is 1. The first-order valence-corrected chi connectivity index (χ1v) is 11.5. The van der Waals surface area contributed by atoms with Gasteiger partial charge in [0, 0.05) is 51.4 Å². The van der Waals surface area contributed by atoms with Gasteiger partial charge in [-0.1, -0.05) is 24.3 Å². The van der Waals surface area contributed by atoms with Gasteiger partial charge in [0.1, 0.15) is 0 Å². The highest BCUT2D eigenvalue weighted by Gasteiger charge is 2.27. The number of nitrogens with one attached hydrogen (secondary N) is 2. The van der Waals surface area contributed by atoms with E-state index in [1.807, 2.05) is 42.5 Å². The topological polar surface area (TPSA) is 77.2 Å². The number of hydrogen-bond donors (Lipinski definition) is 2. The predicted molar refractivity (Wildman–Crippen MR) is 130 cm³/mol. The summed E-state index contributed by atoms with van der Waals surface area (Å²) in [4.78, 5) is 31.7. The Morgan fingerprint density at radius 2 is 1.82 bits per heavy atom. The lowest BCUT2D eigenvalue weighted by Gasteiger charge is -2.39. The van der Waals surface area contributed by atoms with E-state index in [0.29, 0.717) is 25.3 Å². The lowest BCUT2D eigenvalue weighted by Crippen LogP contribution is -2.49. The molecule has 4 rings (SSSR count). The molecule has 1 atom stereocenters. The van der Waals surface area contributed by atoms with E-state index in [9.17, 15) is 9.59 Å². The Kier molecular flexibility index (Phi) is 7.59. The second-order valence-corrected chi connectivity index (χ2v) is 8.60. The molecule has 8 heteroatoms. The summed E-state index contributed by atoms with van der Waals surface area (Å²) in [7, 11) is 3.73. The molecule has 0 aliphatic carbocycles. The Hall–Kier alpha value is -2.94. The number of rotatable bonds is 6. The summed E-state index contributed by atoms with van der Waals surface area (Å²) >= 11 is 0. The number of likely N-dealkylation sites (N-methyl/N-ethyl adjacent to an activating group) is 1. The van der Waals surface area contributed by atoms with Crippen LogP contribution in [0.5, 0.6) is 0 Å². The summed E-state index contributed by atoms with van der Waals surface area (Å²) in [5.74, 6) is -0.108. The first-order valence-electron chi connectivity index (χ1n) is 11.5. The van der Waals surface area contributed by atoms with Crippen molar-refractivity contribution in [3.63, 3.8) is 0 Å². The van der Waals surface area contributed by atoms with E-state index in [1.165, 1.54) is 0 Å². The molecular formula is C25H33N5O3. The largest absolute Gasteiger partial charge is 0.378 e. The van der Waals surface area contributed by atoms with E-state index < -0.39 is 0 Å². The predicted octanol–water partition coefficient (Wildman–Crippen LogP) is 1.81. The molecule has 8 nitrogen and oxygen atoms in total. The molecule has 2 aromatic rings. The van der Waals surface area contributed by atoms with Gasteiger partial charge in [0.15, 0.2) is 0 Å². The number of carbonyl (C=O) groups is 2. The molecule has 2 aromatic carbocycles. The van der Waals surface area contributed by atoms with Gasteiger partial charge in [0.25, 0.3) is 5.91 Å². The van der Waals surface area contributed by atoms with Crippen LogP contribution in [0, 0.1) is 0 Å². The summed E-state index contributed by atoms with van der Waals surface area (Å²) in [5, 5.41) is 5.81. The van der Waals surface area contributed by atoms with Crippen molar-refractivity contribution in [1.29, 1.82) is 0 Å². The molecule has 2 amide bonds. The standard InChI is InChI=1S/C25H33N5O3/c1-26-25(32)20-7-5-6-19(16-20)23-17-29(11-10-28(23)2)18-24(31)27-21-8-3-4-9-22(21)30-12-14-33-15-13-30/h3-9,16,23H,10-15,17-18H2,1-2H3,(H,26,32)(H,27,31). The molecule has 2 fully saturated rings. The molecule has 0 spiro atoms. The Balaban J connectivity index is 1.41. The first kappa shape index (κ1) is 23.2. The van der Waals surface area contributed by atoms with Gasteiger partial charge in [-0.05, 0) is 36.9 Å². The quantitative estimate of drug-likeness (QED) is 0.698. The van der Waals surface area contributed by atoms with Gasteiger partial charge in [-0.2, -0.15) is 0 Å². The second-order valence-electron chi connectivity index (χ2n) is 8.60. The van der Waals surface area contributed by atoms with Gasteiger partial charge in [-0.15, -0.1) is 0 Å².